The summed E-state index contributed by atoms with van der Waals surface area (Å²) in [5, 5.41) is 5.13. The van der Waals surface area contributed by atoms with Crippen molar-refractivity contribution in [1.82, 2.24) is 9.21 Å². The number of carbonyl (C=O) groups excluding carboxylic acids is 1. The highest BCUT2D eigenvalue weighted by Crippen LogP contribution is 2.33. The number of benzene rings is 3. The first-order chi connectivity index (χ1) is 16.5. The fourth-order valence-corrected chi connectivity index (χ4v) is 5.69. The predicted octanol–water partition coefficient (Wildman–Crippen LogP) is 2.95. The molecule has 1 amide bonds. The van der Waals surface area contributed by atoms with E-state index in [1.54, 1.807) is 18.2 Å². The summed E-state index contributed by atoms with van der Waals surface area (Å²) in [7, 11) is -3.66. The molecular formula is C25H27N3O5S. The van der Waals surface area contributed by atoms with Crippen LogP contribution in [0.3, 0.4) is 0 Å². The normalized spacial score (nSPS) is 17.3. The van der Waals surface area contributed by atoms with Gasteiger partial charge in [0.1, 0.15) is 0 Å². The Morgan fingerprint density at radius 3 is 2.38 bits per heavy atom. The van der Waals surface area contributed by atoms with Crippen LogP contribution in [0.15, 0.2) is 65.6 Å². The van der Waals surface area contributed by atoms with E-state index in [9.17, 15) is 13.2 Å². The van der Waals surface area contributed by atoms with Gasteiger partial charge in [-0.15, -0.1) is 0 Å². The number of rotatable bonds is 5. The van der Waals surface area contributed by atoms with E-state index < -0.39 is 10.0 Å². The highest BCUT2D eigenvalue weighted by atomic mass is 32.2. The van der Waals surface area contributed by atoms with Gasteiger partial charge in [0, 0.05) is 44.4 Å². The summed E-state index contributed by atoms with van der Waals surface area (Å²) >= 11 is 0. The number of anilines is 1. The van der Waals surface area contributed by atoms with Gasteiger partial charge < -0.3 is 14.8 Å². The van der Waals surface area contributed by atoms with Gasteiger partial charge in [0.25, 0.3) is 0 Å². The van der Waals surface area contributed by atoms with Crippen LogP contribution in [0, 0.1) is 0 Å². The zero-order valence-corrected chi connectivity index (χ0v) is 19.6. The number of ether oxygens (including phenoxy) is 2. The molecule has 1 fully saturated rings. The van der Waals surface area contributed by atoms with Crippen LogP contribution in [0.4, 0.5) is 5.69 Å². The van der Waals surface area contributed by atoms with Gasteiger partial charge in [-0.25, -0.2) is 8.42 Å². The quantitative estimate of drug-likeness (QED) is 0.603. The highest BCUT2D eigenvalue weighted by Gasteiger charge is 2.30. The zero-order valence-electron chi connectivity index (χ0n) is 18.8. The number of carbonyl (C=O) groups is 1. The lowest BCUT2D eigenvalue weighted by atomic mass is 10.1. The minimum atomic E-state index is -3.66. The first-order valence-electron chi connectivity index (χ1n) is 11.4. The third-order valence-electron chi connectivity index (χ3n) is 6.09. The van der Waals surface area contributed by atoms with Crippen molar-refractivity contribution >= 4 is 32.4 Å². The third-order valence-corrected chi connectivity index (χ3v) is 7.98. The van der Waals surface area contributed by atoms with Crippen molar-refractivity contribution in [2.75, 3.05) is 51.3 Å². The van der Waals surface area contributed by atoms with E-state index in [0.29, 0.717) is 50.9 Å². The Hall–Kier alpha value is -3.14. The summed E-state index contributed by atoms with van der Waals surface area (Å²) in [5.74, 6) is 0.913. The van der Waals surface area contributed by atoms with Crippen LogP contribution in [0.25, 0.3) is 10.8 Å². The van der Waals surface area contributed by atoms with Crippen LogP contribution in [0.5, 0.6) is 11.5 Å². The number of piperazine rings is 1. The molecule has 0 bridgehead atoms. The molecule has 8 nitrogen and oxygen atoms in total. The Kier molecular flexibility index (Phi) is 6.40. The molecule has 5 rings (SSSR count). The molecule has 0 spiro atoms. The van der Waals surface area contributed by atoms with Crippen LogP contribution in [0.1, 0.15) is 6.42 Å². The summed E-state index contributed by atoms with van der Waals surface area (Å²) in [6.45, 7) is 2.86. The van der Waals surface area contributed by atoms with Gasteiger partial charge in [-0.2, -0.15) is 4.31 Å². The van der Waals surface area contributed by atoms with Crippen molar-refractivity contribution in [2.45, 2.75) is 11.3 Å². The number of sulfonamides is 1. The Labute approximate surface area is 199 Å². The van der Waals surface area contributed by atoms with Gasteiger partial charge in [-0.05, 0) is 35.0 Å². The molecule has 1 saturated heterocycles. The molecule has 9 heteroatoms. The minimum absolute atomic E-state index is 0.116. The average molecular weight is 482 g/mol. The topological polar surface area (TPSA) is 88.2 Å². The second-order valence-electron chi connectivity index (χ2n) is 8.45. The molecular weight excluding hydrogens is 454 g/mol. The van der Waals surface area contributed by atoms with Gasteiger partial charge in [0.15, 0.2) is 11.5 Å². The smallest absolute Gasteiger partial charge is 0.243 e. The van der Waals surface area contributed by atoms with E-state index in [1.165, 1.54) is 4.31 Å². The van der Waals surface area contributed by atoms with Crippen LogP contribution in [-0.4, -0.2) is 69.5 Å². The summed E-state index contributed by atoms with van der Waals surface area (Å²) in [5.41, 5.74) is 0.749. The summed E-state index contributed by atoms with van der Waals surface area (Å²) < 4.78 is 39.0. The Balaban J connectivity index is 1.18. The lowest BCUT2D eigenvalue weighted by Crippen LogP contribution is -2.50. The molecule has 2 aliphatic rings. The first-order valence-corrected chi connectivity index (χ1v) is 12.8. The van der Waals surface area contributed by atoms with Crippen LogP contribution in [-0.2, 0) is 14.8 Å². The number of hydrogen-bond donors (Lipinski definition) is 1. The Morgan fingerprint density at radius 2 is 1.59 bits per heavy atom. The van der Waals surface area contributed by atoms with Crippen LogP contribution >= 0.6 is 0 Å². The Bertz CT molecular complexity index is 1300. The molecule has 0 saturated carbocycles. The average Bonchev–Trinajstić information content (AvgIpc) is 3.09. The van der Waals surface area contributed by atoms with Gasteiger partial charge in [-0.3, -0.25) is 9.69 Å². The van der Waals surface area contributed by atoms with Gasteiger partial charge in [-0.1, -0.05) is 30.3 Å². The maximum absolute atomic E-state index is 13.2. The maximum Gasteiger partial charge on any atom is 0.243 e. The predicted molar refractivity (Wildman–Crippen MR) is 130 cm³/mol. The summed E-state index contributed by atoms with van der Waals surface area (Å²) in [6.07, 6.45) is 0.757. The molecule has 0 unspecified atom stereocenters. The highest BCUT2D eigenvalue weighted by molar-refractivity contribution is 7.89. The standard InChI is InChI=1S/C25H27N3O5S/c29-25(26-21-7-6-19-4-1-2-5-20(19)16-21)18-27-10-12-28(13-11-27)34(30,31)22-8-9-23-24(17-22)33-15-3-14-32-23/h1-2,4-9,16-17H,3,10-15,18H2,(H,26,29). The van der Waals surface area contributed by atoms with E-state index in [1.807, 2.05) is 47.4 Å². The largest absolute Gasteiger partial charge is 0.490 e. The number of nitrogens with zero attached hydrogens (tertiary/aromatic N) is 2. The molecule has 2 aliphatic heterocycles. The molecule has 3 aromatic carbocycles. The van der Waals surface area contributed by atoms with Crippen molar-refractivity contribution in [1.29, 1.82) is 0 Å². The van der Waals surface area contributed by atoms with E-state index in [-0.39, 0.29) is 17.3 Å². The number of fused-ring (bicyclic) bond motifs is 2. The van der Waals surface area contributed by atoms with Gasteiger partial charge >= 0.3 is 0 Å². The Morgan fingerprint density at radius 1 is 0.853 bits per heavy atom. The molecule has 0 atom stereocenters. The van der Waals surface area contributed by atoms with Crippen molar-refractivity contribution in [3.05, 3.63) is 60.7 Å². The van der Waals surface area contributed by atoms with Crippen molar-refractivity contribution < 1.29 is 22.7 Å². The second kappa shape index (κ2) is 9.61. The first kappa shape index (κ1) is 22.6. The van der Waals surface area contributed by atoms with Crippen molar-refractivity contribution in [3.63, 3.8) is 0 Å². The lowest BCUT2D eigenvalue weighted by Gasteiger charge is -2.33. The maximum atomic E-state index is 13.2. The molecule has 3 aromatic rings. The lowest BCUT2D eigenvalue weighted by molar-refractivity contribution is -0.117. The van der Waals surface area contributed by atoms with E-state index >= 15 is 0 Å². The minimum Gasteiger partial charge on any atom is -0.490 e. The molecule has 0 radical (unpaired) electrons. The van der Waals surface area contributed by atoms with E-state index in [2.05, 4.69) is 5.32 Å². The molecule has 178 valence electrons. The monoisotopic (exact) mass is 481 g/mol. The fraction of sp³-hybridized carbons (Fsp3) is 0.320. The fourth-order valence-electron chi connectivity index (χ4n) is 4.25. The van der Waals surface area contributed by atoms with Crippen LogP contribution in [0.2, 0.25) is 0 Å². The second-order valence-corrected chi connectivity index (χ2v) is 10.4. The third kappa shape index (κ3) is 4.86. The molecule has 0 aromatic heterocycles. The van der Waals surface area contributed by atoms with Gasteiger partial charge in [0.05, 0.1) is 24.7 Å². The number of nitrogens with one attached hydrogen (secondary N) is 1. The van der Waals surface area contributed by atoms with Crippen molar-refractivity contribution in [2.24, 2.45) is 0 Å². The summed E-state index contributed by atoms with van der Waals surface area (Å²) in [6, 6.07) is 18.6. The van der Waals surface area contributed by atoms with Crippen molar-refractivity contribution in [3.8, 4) is 11.5 Å². The SMILES string of the molecule is O=C(CN1CCN(S(=O)(=O)c2ccc3c(c2)OCCCO3)CC1)Nc1ccc2ccccc2c1. The van der Waals surface area contributed by atoms with Crippen LogP contribution < -0.4 is 14.8 Å². The molecule has 0 aliphatic carbocycles. The van der Waals surface area contributed by atoms with Gasteiger partial charge in [0.2, 0.25) is 15.9 Å². The summed E-state index contributed by atoms with van der Waals surface area (Å²) in [4.78, 5) is 14.7. The van der Waals surface area contributed by atoms with E-state index in [4.69, 9.17) is 9.47 Å². The molecule has 34 heavy (non-hydrogen) atoms. The van der Waals surface area contributed by atoms with E-state index in [0.717, 1.165) is 22.9 Å². The number of amides is 1. The molecule has 2 heterocycles. The molecule has 1 N–H and O–H groups in total. The number of hydrogen-bond acceptors (Lipinski definition) is 6. The zero-order chi connectivity index (χ0) is 23.5.